The first-order valence-corrected chi connectivity index (χ1v) is 8.59. The average Bonchev–Trinajstić information content (AvgIpc) is 2.87. The zero-order valence-electron chi connectivity index (χ0n) is 15.8. The summed E-state index contributed by atoms with van der Waals surface area (Å²) in [5.41, 5.74) is 3.04. The predicted molar refractivity (Wildman–Crippen MR) is 101 cm³/mol. The zero-order valence-corrected chi connectivity index (χ0v) is 15.8. The van der Waals surface area contributed by atoms with Crippen LogP contribution in [0, 0.1) is 11.3 Å². The summed E-state index contributed by atoms with van der Waals surface area (Å²) in [6, 6.07) is 3.68. The maximum Gasteiger partial charge on any atom is 0.407 e. The van der Waals surface area contributed by atoms with Gasteiger partial charge in [-0.05, 0) is 23.1 Å². The second kappa shape index (κ2) is 6.23. The normalized spacial score (nSPS) is 18.1. The molecule has 1 aromatic carbocycles. The number of amides is 1. The molecule has 7 heteroatoms. The molecule has 2 heterocycles. The van der Waals surface area contributed by atoms with Gasteiger partial charge < -0.3 is 19.7 Å². The van der Waals surface area contributed by atoms with Gasteiger partial charge in [0.25, 0.3) is 0 Å². The van der Waals surface area contributed by atoms with Crippen molar-refractivity contribution in [3.63, 3.8) is 0 Å². The molecule has 1 aliphatic rings. The molecule has 2 aromatic rings. The number of carbonyl (C=O) groups is 1. The van der Waals surface area contributed by atoms with Gasteiger partial charge in [0.2, 0.25) is 0 Å². The quantitative estimate of drug-likeness (QED) is 0.863. The summed E-state index contributed by atoms with van der Waals surface area (Å²) in [4.78, 5) is 27.9. The van der Waals surface area contributed by atoms with Crippen LogP contribution in [0.1, 0.15) is 26.3 Å². The number of hydrogen-bond donors (Lipinski definition) is 2. The number of H-pyrrole nitrogens is 1. The molecule has 0 radical (unpaired) electrons. The van der Waals surface area contributed by atoms with Gasteiger partial charge in [-0.25, -0.2) is 9.59 Å². The molecule has 1 unspecified atom stereocenters. The highest BCUT2D eigenvalue weighted by molar-refractivity contribution is 5.94. The molecular formula is C19H25N3O4. The molecule has 0 aliphatic carbocycles. The number of nitrogens with zero attached hydrogens (tertiary/aromatic N) is 2. The Bertz CT molecular complexity index is 946. The lowest BCUT2D eigenvalue weighted by Crippen LogP contribution is -2.42. The minimum atomic E-state index is -0.922. The van der Waals surface area contributed by atoms with E-state index in [1.807, 2.05) is 18.2 Å². The number of fused-ring (bicyclic) bond motifs is 1. The van der Waals surface area contributed by atoms with E-state index in [0.29, 0.717) is 18.8 Å². The summed E-state index contributed by atoms with van der Waals surface area (Å²) >= 11 is 0. The molecule has 140 valence electrons. The van der Waals surface area contributed by atoms with Crippen molar-refractivity contribution in [1.29, 1.82) is 0 Å². The van der Waals surface area contributed by atoms with Gasteiger partial charge in [0.05, 0.1) is 18.1 Å². The highest BCUT2D eigenvalue weighted by atomic mass is 16.5. The Labute approximate surface area is 151 Å². The van der Waals surface area contributed by atoms with E-state index in [1.54, 1.807) is 18.7 Å². The Morgan fingerprint density at radius 3 is 2.62 bits per heavy atom. The Morgan fingerprint density at radius 2 is 2.04 bits per heavy atom. The number of methoxy groups -OCH3 is 1. The van der Waals surface area contributed by atoms with Crippen molar-refractivity contribution in [2.45, 2.75) is 20.8 Å². The van der Waals surface area contributed by atoms with E-state index < -0.39 is 6.09 Å². The van der Waals surface area contributed by atoms with Crippen molar-refractivity contribution < 1.29 is 14.6 Å². The van der Waals surface area contributed by atoms with Crippen LogP contribution in [-0.2, 0) is 7.05 Å². The van der Waals surface area contributed by atoms with E-state index in [-0.39, 0.29) is 17.0 Å². The number of benzene rings is 1. The number of nitrogens with one attached hydrogen (secondary N) is 1. The molecule has 0 fully saturated rings. The highest BCUT2D eigenvalue weighted by Crippen LogP contribution is 2.44. The summed E-state index contributed by atoms with van der Waals surface area (Å²) < 4.78 is 7.19. The number of rotatable bonds is 2. The monoisotopic (exact) mass is 359 g/mol. The molecule has 0 spiro atoms. The second-order valence-corrected chi connectivity index (χ2v) is 7.79. The third kappa shape index (κ3) is 2.87. The van der Waals surface area contributed by atoms with Crippen LogP contribution in [0.15, 0.2) is 23.0 Å². The van der Waals surface area contributed by atoms with Gasteiger partial charge in [0.1, 0.15) is 5.75 Å². The highest BCUT2D eigenvalue weighted by Gasteiger charge is 2.36. The molecule has 1 atom stereocenters. The summed E-state index contributed by atoms with van der Waals surface area (Å²) in [6.45, 7) is 7.01. The third-order valence-corrected chi connectivity index (χ3v) is 5.16. The minimum Gasteiger partial charge on any atom is -0.496 e. The number of aryl methyl sites for hydroxylation is 1. The number of imidazole rings is 1. The molecule has 2 N–H and O–H groups in total. The first-order chi connectivity index (χ1) is 12.1. The van der Waals surface area contributed by atoms with Crippen LogP contribution < -0.4 is 10.4 Å². The number of hydrogen-bond acceptors (Lipinski definition) is 3. The zero-order chi connectivity index (χ0) is 19.2. The van der Waals surface area contributed by atoms with Crippen molar-refractivity contribution in [3.8, 4) is 5.75 Å². The van der Waals surface area contributed by atoms with Crippen LogP contribution in [0.3, 0.4) is 0 Å². The van der Waals surface area contributed by atoms with E-state index in [2.05, 4.69) is 25.8 Å². The van der Waals surface area contributed by atoms with Gasteiger partial charge in [-0.3, -0.25) is 4.57 Å². The van der Waals surface area contributed by atoms with Crippen LogP contribution in [-0.4, -0.2) is 45.9 Å². The van der Waals surface area contributed by atoms with E-state index in [0.717, 1.165) is 22.2 Å². The number of carboxylic acid groups (broad SMARTS) is 1. The standard InChI is InChI=1S/C19H25N3O4/c1-19(2,3)12-10-22(18(24)25)9-8-11(12)15-14(26-5)7-6-13-16(15)21(4)17(23)20-13/h6-8,12H,9-10H2,1-5H3,(H,20,23)(H,24,25). The Balaban J connectivity index is 2.29. The smallest absolute Gasteiger partial charge is 0.407 e. The Kier molecular flexibility index (Phi) is 4.34. The van der Waals surface area contributed by atoms with Crippen LogP contribution >= 0.6 is 0 Å². The SMILES string of the molecule is COc1ccc2[nH]c(=O)n(C)c2c1C1=CCN(C(=O)O)CC1C(C)(C)C. The fourth-order valence-electron chi connectivity index (χ4n) is 3.69. The van der Waals surface area contributed by atoms with E-state index >= 15 is 0 Å². The van der Waals surface area contributed by atoms with Crippen LogP contribution in [0.5, 0.6) is 5.75 Å². The number of aromatic amines is 1. The van der Waals surface area contributed by atoms with Crippen LogP contribution in [0.2, 0.25) is 0 Å². The predicted octanol–water partition coefficient (Wildman–Crippen LogP) is 2.91. The molecule has 1 aromatic heterocycles. The summed E-state index contributed by atoms with van der Waals surface area (Å²) in [5, 5.41) is 9.42. The largest absolute Gasteiger partial charge is 0.496 e. The average molecular weight is 359 g/mol. The van der Waals surface area contributed by atoms with Gasteiger partial charge in [-0.15, -0.1) is 0 Å². The lowest BCUT2D eigenvalue weighted by molar-refractivity contribution is 0.130. The van der Waals surface area contributed by atoms with Gasteiger partial charge in [0, 0.05) is 31.6 Å². The third-order valence-electron chi connectivity index (χ3n) is 5.16. The minimum absolute atomic E-state index is 0.0307. The van der Waals surface area contributed by atoms with Crippen molar-refractivity contribution >= 4 is 22.7 Å². The van der Waals surface area contributed by atoms with E-state index in [4.69, 9.17) is 4.74 Å². The molecular weight excluding hydrogens is 334 g/mol. The Morgan fingerprint density at radius 1 is 1.35 bits per heavy atom. The lowest BCUT2D eigenvalue weighted by Gasteiger charge is -2.39. The maximum absolute atomic E-state index is 12.2. The second-order valence-electron chi connectivity index (χ2n) is 7.79. The van der Waals surface area contributed by atoms with Crippen molar-refractivity contribution in [1.82, 2.24) is 14.5 Å². The number of ether oxygens (including phenoxy) is 1. The van der Waals surface area contributed by atoms with E-state index in [9.17, 15) is 14.7 Å². The molecule has 0 bridgehead atoms. The molecule has 1 amide bonds. The fraction of sp³-hybridized carbons (Fsp3) is 0.474. The van der Waals surface area contributed by atoms with Gasteiger partial charge >= 0.3 is 11.8 Å². The van der Waals surface area contributed by atoms with Crippen LogP contribution in [0.25, 0.3) is 16.6 Å². The molecule has 3 rings (SSSR count). The first-order valence-electron chi connectivity index (χ1n) is 8.59. The molecule has 0 saturated heterocycles. The van der Waals surface area contributed by atoms with Gasteiger partial charge in [-0.2, -0.15) is 0 Å². The molecule has 0 saturated carbocycles. The fourth-order valence-corrected chi connectivity index (χ4v) is 3.69. The lowest BCUT2D eigenvalue weighted by atomic mass is 9.72. The molecule has 26 heavy (non-hydrogen) atoms. The first kappa shape index (κ1) is 18.1. The molecule has 7 nitrogen and oxygen atoms in total. The Hall–Kier alpha value is -2.70. The van der Waals surface area contributed by atoms with Gasteiger partial charge in [0.15, 0.2) is 0 Å². The van der Waals surface area contributed by atoms with Crippen molar-refractivity contribution in [2.24, 2.45) is 18.4 Å². The summed E-state index contributed by atoms with van der Waals surface area (Å²) in [6.07, 6.45) is 1.02. The van der Waals surface area contributed by atoms with Crippen molar-refractivity contribution in [2.75, 3.05) is 20.2 Å². The molecule has 1 aliphatic heterocycles. The van der Waals surface area contributed by atoms with Crippen molar-refractivity contribution in [3.05, 3.63) is 34.3 Å². The van der Waals surface area contributed by atoms with Gasteiger partial charge in [-0.1, -0.05) is 26.8 Å². The van der Waals surface area contributed by atoms with Crippen LogP contribution in [0.4, 0.5) is 4.79 Å². The maximum atomic E-state index is 12.2. The summed E-state index contributed by atoms with van der Waals surface area (Å²) in [5.74, 6) is 0.647. The number of aromatic nitrogens is 2. The van der Waals surface area contributed by atoms with E-state index in [1.165, 1.54) is 4.90 Å². The topological polar surface area (TPSA) is 87.6 Å². The summed E-state index contributed by atoms with van der Waals surface area (Å²) in [7, 11) is 3.33.